The van der Waals surface area contributed by atoms with Gasteiger partial charge in [0.15, 0.2) is 0 Å². The molecule has 0 fully saturated rings. The molecule has 0 N–H and O–H groups in total. The zero-order chi connectivity index (χ0) is 13.5. The molecule has 0 aromatic heterocycles. The van der Waals surface area contributed by atoms with Gasteiger partial charge >= 0.3 is 0 Å². The highest BCUT2D eigenvalue weighted by Gasteiger charge is 2.10. The first-order valence-electron chi connectivity index (χ1n) is 6.11. The van der Waals surface area contributed by atoms with Crippen LogP contribution in [0.2, 0.25) is 0 Å². The van der Waals surface area contributed by atoms with Gasteiger partial charge in [-0.05, 0) is 36.8 Å². The molecule has 0 aliphatic rings. The molecule has 0 spiro atoms. The Hall–Kier alpha value is -1.41. The van der Waals surface area contributed by atoms with Crippen molar-refractivity contribution in [3.8, 4) is 0 Å². The Labute approximate surface area is 123 Å². The van der Waals surface area contributed by atoms with E-state index in [2.05, 4.69) is 53.5 Å². The molecule has 1 atom stereocenters. The molecule has 2 rings (SSSR count). The first-order valence-corrected chi connectivity index (χ1v) is 7.50. The molecule has 0 heterocycles. The third-order valence-electron chi connectivity index (χ3n) is 2.82. The van der Waals surface area contributed by atoms with Crippen molar-refractivity contribution in [1.82, 2.24) is 0 Å². The van der Waals surface area contributed by atoms with Crippen molar-refractivity contribution in [2.24, 2.45) is 4.99 Å². The van der Waals surface area contributed by atoms with E-state index in [-0.39, 0.29) is 6.04 Å². The van der Waals surface area contributed by atoms with Crippen LogP contribution in [0.1, 0.15) is 17.2 Å². The first kappa shape index (κ1) is 14.0. The second-order valence-electron chi connectivity index (χ2n) is 4.27. The topological polar surface area (TPSA) is 12.4 Å². The number of nitrogens with zero attached hydrogens (tertiary/aromatic N) is 1. The lowest BCUT2D eigenvalue weighted by Gasteiger charge is -2.11. The average molecular weight is 285 g/mol. The molecule has 96 valence electrons. The summed E-state index contributed by atoms with van der Waals surface area (Å²) in [5, 5.41) is 2.51. The van der Waals surface area contributed by atoms with Crippen molar-refractivity contribution in [1.29, 1.82) is 0 Å². The van der Waals surface area contributed by atoms with Gasteiger partial charge in [-0.25, -0.2) is 4.99 Å². The monoisotopic (exact) mass is 285 g/mol. The molecular weight excluding hydrogens is 270 g/mol. The van der Waals surface area contributed by atoms with Crippen LogP contribution in [0.25, 0.3) is 0 Å². The van der Waals surface area contributed by atoms with Gasteiger partial charge < -0.3 is 0 Å². The normalized spacial score (nSPS) is 11.6. The lowest BCUT2D eigenvalue weighted by molar-refractivity contribution is 0.840. The summed E-state index contributed by atoms with van der Waals surface area (Å²) < 4.78 is 0. The number of aliphatic imine (C=N–C) groups is 1. The van der Waals surface area contributed by atoms with Crippen molar-refractivity contribution in [2.75, 3.05) is 5.75 Å². The summed E-state index contributed by atoms with van der Waals surface area (Å²) in [7, 11) is 0. The number of rotatable bonds is 5. The SMILES string of the molecule is Cc1ccc(C(CSc2ccccc2)N=C=S)cc1. The molecule has 0 saturated carbocycles. The van der Waals surface area contributed by atoms with Crippen LogP contribution in [0.4, 0.5) is 0 Å². The molecule has 2 aromatic carbocycles. The first-order chi connectivity index (χ1) is 9.29. The number of hydrogen-bond donors (Lipinski definition) is 0. The molecule has 19 heavy (non-hydrogen) atoms. The van der Waals surface area contributed by atoms with Crippen LogP contribution in [-0.2, 0) is 0 Å². The number of thioether (sulfide) groups is 1. The second kappa shape index (κ2) is 7.25. The highest BCUT2D eigenvalue weighted by Crippen LogP contribution is 2.27. The zero-order valence-corrected chi connectivity index (χ0v) is 12.4. The number of isothiocyanates is 1. The second-order valence-corrected chi connectivity index (χ2v) is 5.55. The van der Waals surface area contributed by atoms with Crippen molar-refractivity contribution >= 4 is 29.1 Å². The molecule has 0 saturated heterocycles. The van der Waals surface area contributed by atoms with E-state index in [1.54, 1.807) is 11.8 Å². The predicted octanol–water partition coefficient (Wildman–Crippen LogP) is 4.93. The molecule has 0 bridgehead atoms. The van der Waals surface area contributed by atoms with Crippen LogP contribution < -0.4 is 0 Å². The summed E-state index contributed by atoms with van der Waals surface area (Å²) in [4.78, 5) is 5.53. The Kier molecular flexibility index (Phi) is 5.34. The van der Waals surface area contributed by atoms with Gasteiger partial charge in [-0.15, -0.1) is 11.8 Å². The third kappa shape index (κ3) is 4.32. The lowest BCUT2D eigenvalue weighted by atomic mass is 10.1. The van der Waals surface area contributed by atoms with E-state index in [0.717, 1.165) is 5.75 Å². The quantitative estimate of drug-likeness (QED) is 0.438. The Balaban J connectivity index is 2.08. The van der Waals surface area contributed by atoms with E-state index in [1.807, 2.05) is 18.2 Å². The van der Waals surface area contributed by atoms with Gasteiger partial charge in [-0.3, -0.25) is 0 Å². The number of hydrogen-bond acceptors (Lipinski definition) is 3. The van der Waals surface area contributed by atoms with E-state index in [0.29, 0.717) is 0 Å². The van der Waals surface area contributed by atoms with Crippen LogP contribution in [0.5, 0.6) is 0 Å². The van der Waals surface area contributed by atoms with Crippen LogP contribution in [0.15, 0.2) is 64.5 Å². The smallest absolute Gasteiger partial charge is 0.0945 e. The Bertz CT molecular complexity index is 557. The summed E-state index contributed by atoms with van der Waals surface area (Å²) in [5.41, 5.74) is 2.44. The highest BCUT2D eigenvalue weighted by molar-refractivity contribution is 7.99. The van der Waals surface area contributed by atoms with Gasteiger partial charge in [0.05, 0.1) is 11.2 Å². The fraction of sp³-hybridized carbons (Fsp3) is 0.188. The number of thiocarbonyl (C=S) groups is 1. The van der Waals surface area contributed by atoms with Gasteiger partial charge in [0.2, 0.25) is 0 Å². The molecule has 0 amide bonds. The molecule has 0 aliphatic heterocycles. The summed E-state index contributed by atoms with van der Waals surface area (Å²) in [6.45, 7) is 2.08. The van der Waals surface area contributed by atoms with Gasteiger partial charge in [0.25, 0.3) is 0 Å². The lowest BCUT2D eigenvalue weighted by Crippen LogP contribution is -1.98. The summed E-state index contributed by atoms with van der Waals surface area (Å²) >= 11 is 6.55. The molecule has 1 nitrogen and oxygen atoms in total. The molecule has 2 aromatic rings. The molecule has 0 aliphatic carbocycles. The van der Waals surface area contributed by atoms with E-state index in [9.17, 15) is 0 Å². The molecular formula is C16H15NS2. The van der Waals surface area contributed by atoms with Crippen LogP contribution in [0.3, 0.4) is 0 Å². The molecule has 0 radical (unpaired) electrons. The predicted molar refractivity (Wildman–Crippen MR) is 86.1 cm³/mol. The fourth-order valence-electron chi connectivity index (χ4n) is 1.75. The van der Waals surface area contributed by atoms with Crippen molar-refractivity contribution < 1.29 is 0 Å². The maximum absolute atomic E-state index is 4.76. The summed E-state index contributed by atoms with van der Waals surface area (Å²) in [6.07, 6.45) is 0. The highest BCUT2D eigenvalue weighted by atomic mass is 32.2. The van der Waals surface area contributed by atoms with Crippen LogP contribution in [-0.4, -0.2) is 10.9 Å². The maximum atomic E-state index is 4.76. The number of aryl methyl sites for hydroxylation is 1. The standard InChI is InChI=1S/C16H15NS2/c1-13-7-9-14(10-8-13)16(17-12-18)11-19-15-5-3-2-4-6-15/h2-10,16H,11H2,1H3. The largest absolute Gasteiger partial charge is 0.223 e. The molecule has 3 heteroatoms. The van der Waals surface area contributed by atoms with E-state index >= 15 is 0 Å². The fourth-order valence-corrected chi connectivity index (χ4v) is 2.85. The minimum atomic E-state index is 0.0725. The Morgan fingerprint density at radius 3 is 2.42 bits per heavy atom. The summed E-state index contributed by atoms with van der Waals surface area (Å²) in [5.74, 6) is 0.872. The maximum Gasteiger partial charge on any atom is 0.0945 e. The van der Waals surface area contributed by atoms with Gasteiger partial charge in [-0.1, -0.05) is 48.0 Å². The van der Waals surface area contributed by atoms with Crippen molar-refractivity contribution in [3.63, 3.8) is 0 Å². The third-order valence-corrected chi connectivity index (χ3v) is 4.02. The minimum Gasteiger partial charge on any atom is -0.223 e. The number of benzene rings is 2. The van der Waals surface area contributed by atoms with Gasteiger partial charge in [0.1, 0.15) is 0 Å². The summed E-state index contributed by atoms with van der Waals surface area (Å²) in [6, 6.07) is 18.8. The van der Waals surface area contributed by atoms with Crippen molar-refractivity contribution in [3.05, 3.63) is 65.7 Å². The molecule has 1 unspecified atom stereocenters. The Morgan fingerprint density at radius 2 is 1.79 bits per heavy atom. The van der Waals surface area contributed by atoms with E-state index in [4.69, 9.17) is 12.2 Å². The van der Waals surface area contributed by atoms with Crippen LogP contribution >= 0.6 is 24.0 Å². The van der Waals surface area contributed by atoms with Gasteiger partial charge in [0, 0.05) is 10.6 Å². The minimum absolute atomic E-state index is 0.0725. The van der Waals surface area contributed by atoms with Crippen LogP contribution in [0, 0.1) is 6.92 Å². The van der Waals surface area contributed by atoms with Crippen molar-refractivity contribution in [2.45, 2.75) is 17.9 Å². The van der Waals surface area contributed by atoms with Gasteiger partial charge in [-0.2, -0.15) is 0 Å². The van der Waals surface area contributed by atoms with E-state index < -0.39 is 0 Å². The Morgan fingerprint density at radius 1 is 1.11 bits per heavy atom. The average Bonchev–Trinajstić information content (AvgIpc) is 2.46. The zero-order valence-electron chi connectivity index (χ0n) is 10.7. The van der Waals surface area contributed by atoms with E-state index in [1.165, 1.54) is 16.0 Å².